The summed E-state index contributed by atoms with van der Waals surface area (Å²) in [6.45, 7) is 5.54. The van der Waals surface area contributed by atoms with Gasteiger partial charge in [-0.05, 0) is 42.2 Å². The standard InChI is InChI=1S/C26H35Cl2N3O6S/c1-7-22(26(33)29-14-17(2)3)30(15-18-8-9-19(27)12-21(18)28)25(32)16-31(38(6,34)35)23-11-10-20(36-4)13-24(23)37-5/h8-13,17,22H,7,14-16H2,1-6H3,(H,29,33)/t22-/m1/s1. The molecule has 2 amide bonds. The minimum Gasteiger partial charge on any atom is -0.497 e. The Morgan fingerprint density at radius 1 is 1.05 bits per heavy atom. The van der Waals surface area contributed by atoms with Crippen molar-refractivity contribution in [3.05, 3.63) is 52.0 Å². The van der Waals surface area contributed by atoms with Crippen LogP contribution in [0.25, 0.3) is 0 Å². The topological polar surface area (TPSA) is 105 Å². The Hall–Kier alpha value is -2.69. The maximum atomic E-state index is 13.8. The number of nitrogens with zero attached hydrogens (tertiary/aromatic N) is 2. The molecule has 1 N–H and O–H groups in total. The van der Waals surface area contributed by atoms with Crippen molar-refractivity contribution in [2.45, 2.75) is 39.8 Å². The van der Waals surface area contributed by atoms with Crippen LogP contribution in [-0.2, 0) is 26.2 Å². The lowest BCUT2D eigenvalue weighted by atomic mass is 10.1. The predicted molar refractivity (Wildman–Crippen MR) is 151 cm³/mol. The van der Waals surface area contributed by atoms with Gasteiger partial charge in [0, 0.05) is 29.2 Å². The van der Waals surface area contributed by atoms with Crippen molar-refractivity contribution in [1.82, 2.24) is 10.2 Å². The van der Waals surface area contributed by atoms with Gasteiger partial charge in [-0.15, -0.1) is 0 Å². The summed E-state index contributed by atoms with van der Waals surface area (Å²) in [5, 5.41) is 3.62. The second kappa shape index (κ2) is 13.9. The summed E-state index contributed by atoms with van der Waals surface area (Å²) in [5.41, 5.74) is 0.721. The molecule has 0 spiro atoms. The highest BCUT2D eigenvalue weighted by Crippen LogP contribution is 2.34. The van der Waals surface area contributed by atoms with Gasteiger partial charge in [0.1, 0.15) is 24.1 Å². The fraction of sp³-hybridized carbons (Fsp3) is 0.462. The van der Waals surface area contributed by atoms with E-state index >= 15 is 0 Å². The highest BCUT2D eigenvalue weighted by atomic mass is 35.5. The van der Waals surface area contributed by atoms with Crippen LogP contribution in [0.15, 0.2) is 36.4 Å². The first-order valence-electron chi connectivity index (χ1n) is 12.0. The van der Waals surface area contributed by atoms with E-state index in [4.69, 9.17) is 32.7 Å². The second-order valence-corrected chi connectivity index (χ2v) is 11.9. The largest absolute Gasteiger partial charge is 0.497 e. The molecule has 2 aromatic carbocycles. The first kappa shape index (κ1) is 31.5. The summed E-state index contributed by atoms with van der Waals surface area (Å²) >= 11 is 12.4. The minimum atomic E-state index is -3.94. The molecule has 38 heavy (non-hydrogen) atoms. The van der Waals surface area contributed by atoms with Crippen LogP contribution in [0.5, 0.6) is 11.5 Å². The van der Waals surface area contributed by atoms with Crippen molar-refractivity contribution in [3.63, 3.8) is 0 Å². The number of anilines is 1. The molecule has 1 atom stereocenters. The molecule has 0 heterocycles. The Kier molecular flexibility index (Phi) is 11.5. The van der Waals surface area contributed by atoms with Gasteiger partial charge in [-0.25, -0.2) is 8.42 Å². The van der Waals surface area contributed by atoms with Crippen LogP contribution in [0.1, 0.15) is 32.8 Å². The first-order valence-corrected chi connectivity index (χ1v) is 14.6. The number of ether oxygens (including phenoxy) is 2. The molecule has 2 aromatic rings. The van der Waals surface area contributed by atoms with Crippen molar-refractivity contribution >= 4 is 50.7 Å². The van der Waals surface area contributed by atoms with Gasteiger partial charge in [0.2, 0.25) is 21.8 Å². The fourth-order valence-corrected chi connectivity index (χ4v) is 5.08. The van der Waals surface area contributed by atoms with E-state index in [-0.39, 0.29) is 29.8 Å². The summed E-state index contributed by atoms with van der Waals surface area (Å²) < 4.78 is 37.3. The van der Waals surface area contributed by atoms with Gasteiger partial charge >= 0.3 is 0 Å². The number of rotatable bonds is 13. The van der Waals surface area contributed by atoms with Gasteiger partial charge < -0.3 is 19.7 Å². The Labute approximate surface area is 235 Å². The highest BCUT2D eigenvalue weighted by molar-refractivity contribution is 7.92. The molecule has 0 aliphatic carbocycles. The number of halogens is 2. The van der Waals surface area contributed by atoms with Crippen LogP contribution in [0.3, 0.4) is 0 Å². The third-order valence-corrected chi connectivity index (χ3v) is 7.47. The third-order valence-electron chi connectivity index (χ3n) is 5.76. The average Bonchev–Trinajstić information content (AvgIpc) is 2.85. The molecule has 0 unspecified atom stereocenters. The zero-order valence-corrected chi connectivity index (χ0v) is 24.8. The normalized spacial score (nSPS) is 12.1. The van der Waals surface area contributed by atoms with Crippen molar-refractivity contribution in [2.24, 2.45) is 5.92 Å². The predicted octanol–water partition coefficient (Wildman–Crippen LogP) is 4.36. The van der Waals surface area contributed by atoms with Crippen molar-refractivity contribution in [2.75, 3.05) is 37.9 Å². The molecule has 2 rings (SSSR count). The zero-order chi connectivity index (χ0) is 28.6. The maximum absolute atomic E-state index is 13.8. The van der Waals surface area contributed by atoms with E-state index in [0.717, 1.165) is 10.6 Å². The lowest BCUT2D eigenvalue weighted by Crippen LogP contribution is -2.52. The molecule has 0 aliphatic heterocycles. The van der Waals surface area contributed by atoms with Crippen molar-refractivity contribution < 1.29 is 27.5 Å². The van der Waals surface area contributed by atoms with Crippen LogP contribution < -0.4 is 19.1 Å². The summed E-state index contributed by atoms with van der Waals surface area (Å²) in [6.07, 6.45) is 1.29. The number of hydrogen-bond acceptors (Lipinski definition) is 6. The van der Waals surface area contributed by atoms with E-state index < -0.39 is 28.5 Å². The molecule has 210 valence electrons. The highest BCUT2D eigenvalue weighted by Gasteiger charge is 2.33. The molecule has 12 heteroatoms. The van der Waals surface area contributed by atoms with E-state index in [9.17, 15) is 18.0 Å². The third kappa shape index (κ3) is 8.41. The monoisotopic (exact) mass is 587 g/mol. The lowest BCUT2D eigenvalue weighted by Gasteiger charge is -2.33. The molecule has 9 nitrogen and oxygen atoms in total. The summed E-state index contributed by atoms with van der Waals surface area (Å²) in [6, 6.07) is 8.58. The SMILES string of the molecule is CC[C@H](C(=O)NCC(C)C)N(Cc1ccc(Cl)cc1Cl)C(=O)CN(c1ccc(OC)cc1OC)S(C)(=O)=O. The molecule has 0 bridgehead atoms. The first-order chi connectivity index (χ1) is 17.8. The number of carbonyl (C=O) groups excluding carboxylic acids is 2. The number of nitrogens with one attached hydrogen (secondary N) is 1. The summed E-state index contributed by atoms with van der Waals surface area (Å²) in [5.74, 6) is -0.0677. The minimum absolute atomic E-state index is 0.0280. The average molecular weight is 589 g/mol. The Balaban J connectivity index is 2.53. The Morgan fingerprint density at radius 3 is 2.26 bits per heavy atom. The summed E-state index contributed by atoms with van der Waals surface area (Å²) in [7, 11) is -1.07. The fourth-order valence-electron chi connectivity index (χ4n) is 3.76. The van der Waals surface area contributed by atoms with E-state index in [1.807, 2.05) is 13.8 Å². The molecule has 0 fully saturated rings. The summed E-state index contributed by atoms with van der Waals surface area (Å²) in [4.78, 5) is 28.3. The number of hydrogen-bond donors (Lipinski definition) is 1. The van der Waals surface area contributed by atoms with Crippen LogP contribution in [-0.4, -0.2) is 64.7 Å². The van der Waals surface area contributed by atoms with Crippen molar-refractivity contribution in [3.8, 4) is 11.5 Å². The Bertz CT molecular complexity index is 1240. The smallest absolute Gasteiger partial charge is 0.244 e. The van der Waals surface area contributed by atoms with Gasteiger partial charge in [0.05, 0.1) is 26.2 Å². The van der Waals surface area contributed by atoms with Gasteiger partial charge in [-0.2, -0.15) is 0 Å². The molecular weight excluding hydrogens is 553 g/mol. The zero-order valence-electron chi connectivity index (χ0n) is 22.5. The molecule has 0 radical (unpaired) electrons. The number of carbonyl (C=O) groups is 2. The quantitative estimate of drug-likeness (QED) is 0.373. The lowest BCUT2D eigenvalue weighted by molar-refractivity contribution is -0.140. The van der Waals surface area contributed by atoms with Crippen LogP contribution in [0.2, 0.25) is 10.0 Å². The van der Waals surface area contributed by atoms with Crippen LogP contribution in [0, 0.1) is 5.92 Å². The molecule has 0 saturated heterocycles. The molecule has 0 aliphatic rings. The number of sulfonamides is 1. The molecular formula is C26H35Cl2N3O6S. The van der Waals surface area contributed by atoms with Crippen LogP contribution >= 0.6 is 23.2 Å². The maximum Gasteiger partial charge on any atom is 0.244 e. The van der Waals surface area contributed by atoms with Crippen molar-refractivity contribution in [1.29, 1.82) is 0 Å². The number of amides is 2. The van der Waals surface area contributed by atoms with Gasteiger partial charge in [-0.1, -0.05) is 50.0 Å². The second-order valence-electron chi connectivity index (χ2n) is 9.13. The van der Waals surface area contributed by atoms with E-state index in [2.05, 4.69) is 5.32 Å². The van der Waals surface area contributed by atoms with Gasteiger partial charge in [-0.3, -0.25) is 13.9 Å². The number of methoxy groups -OCH3 is 2. The van der Waals surface area contributed by atoms with E-state index in [1.54, 1.807) is 31.2 Å². The molecule has 0 aromatic heterocycles. The van der Waals surface area contributed by atoms with Gasteiger partial charge in [0.15, 0.2) is 0 Å². The van der Waals surface area contributed by atoms with Crippen LogP contribution in [0.4, 0.5) is 5.69 Å². The van der Waals surface area contributed by atoms with Gasteiger partial charge in [0.25, 0.3) is 0 Å². The number of benzene rings is 2. The van der Waals surface area contributed by atoms with E-state index in [1.165, 1.54) is 31.3 Å². The molecule has 0 saturated carbocycles. The Morgan fingerprint density at radius 2 is 1.74 bits per heavy atom. The van der Waals surface area contributed by atoms with E-state index in [0.29, 0.717) is 34.3 Å².